The Hall–Kier alpha value is -5.49. The van der Waals surface area contributed by atoms with E-state index >= 15 is 0 Å². The molecule has 360 valence electrons. The van der Waals surface area contributed by atoms with Crippen molar-refractivity contribution in [3.05, 3.63) is 107 Å². The zero-order chi connectivity index (χ0) is 50.9. The number of benzene rings is 6. The first-order valence-corrected chi connectivity index (χ1v) is 26.6. The van der Waals surface area contributed by atoms with Crippen molar-refractivity contribution in [3.8, 4) is 0 Å². The summed E-state index contributed by atoms with van der Waals surface area (Å²) in [5.41, 5.74) is -1.03. The Morgan fingerprint density at radius 1 is 0.420 bits per heavy atom. The van der Waals surface area contributed by atoms with E-state index in [1.54, 1.807) is 0 Å². The van der Waals surface area contributed by atoms with E-state index in [4.69, 9.17) is 0 Å². The minimum Gasteiger partial charge on any atom is -0.744 e. The molecule has 0 unspecified atom stereocenters. The molecule has 4 amide bonds. The predicted molar refractivity (Wildman–Crippen MR) is 236 cm³/mol. The molecule has 0 atom stereocenters. The molecule has 0 aliphatic heterocycles. The van der Waals surface area contributed by atoms with Crippen LogP contribution in [0.4, 0.5) is 27.5 Å². The molecule has 69 heavy (non-hydrogen) atoms. The molecule has 6 rings (SSSR count). The summed E-state index contributed by atoms with van der Waals surface area (Å²) in [5.74, 6) is -2.14. The standard InChI is InChI=1S/C37H30N4O21S6.Na/c1-17-3-5-19(35(42)38-25-7-9-29(65(51,52)53)23-13-21(63(45,46)47)15-31(33(23)25)67(57,58)59)11-27(17)40-37(44)41-28-12-20(6-4-18(28)2)36(43)39-26-8-10-30(66(54,55)56)24-14-22(64(48,49)50)16-32(34(24)26)68(60,61)62;/h3-16H,1-2H3,(H,38,42)(H,39,43)(H2,40,41,44)(H,45,46,47)(H,48,49,50)(H,51,52,53)(H,54,55,56)(H,57,58,59)(H,60,61,62);/q;+1/p-1. The molecule has 0 aromatic heterocycles. The largest absolute Gasteiger partial charge is 1.00 e. The van der Waals surface area contributed by atoms with Gasteiger partial charge >= 0.3 is 35.6 Å². The molecular weight excluding hydrogens is 1050 g/mol. The first kappa shape index (κ1) is 54.5. The van der Waals surface area contributed by atoms with E-state index in [-0.39, 0.29) is 64.2 Å². The van der Waals surface area contributed by atoms with Crippen molar-refractivity contribution in [1.29, 1.82) is 0 Å². The van der Waals surface area contributed by atoms with Gasteiger partial charge in [-0.1, -0.05) is 12.1 Å². The van der Waals surface area contributed by atoms with E-state index in [2.05, 4.69) is 21.3 Å². The summed E-state index contributed by atoms with van der Waals surface area (Å²) in [6.45, 7) is 3.00. The maximum atomic E-state index is 13.6. The van der Waals surface area contributed by atoms with Crippen molar-refractivity contribution in [2.75, 3.05) is 21.3 Å². The second-order valence-corrected chi connectivity index (χ2v) is 22.6. The zero-order valence-electron chi connectivity index (χ0n) is 34.8. The summed E-state index contributed by atoms with van der Waals surface area (Å²) in [6, 6.07) is 10.7. The molecule has 6 aromatic rings. The molecule has 0 aliphatic rings. The minimum absolute atomic E-state index is 0. The Kier molecular flexibility index (Phi) is 15.0. The number of carbonyl (C=O) groups excluding carboxylic acids is 3. The van der Waals surface area contributed by atoms with Crippen molar-refractivity contribution in [1.82, 2.24) is 0 Å². The van der Waals surface area contributed by atoms with Crippen LogP contribution in [0, 0.1) is 13.8 Å². The van der Waals surface area contributed by atoms with Crippen molar-refractivity contribution < 1.29 is 122 Å². The number of fused-ring (bicyclic) bond motifs is 2. The number of nitrogens with one attached hydrogen (secondary N) is 4. The van der Waals surface area contributed by atoms with E-state index in [1.807, 2.05) is 0 Å². The number of urea groups is 1. The molecule has 0 spiro atoms. The van der Waals surface area contributed by atoms with Gasteiger partial charge < -0.3 is 25.8 Å². The second-order valence-electron chi connectivity index (χ2n) is 14.3. The third-order valence-electron chi connectivity index (χ3n) is 9.71. The van der Waals surface area contributed by atoms with Gasteiger partial charge in [-0.2, -0.15) is 42.1 Å². The Balaban J connectivity index is 0.00000888. The summed E-state index contributed by atoms with van der Waals surface area (Å²) < 4.78 is 207. The van der Waals surface area contributed by atoms with Crippen molar-refractivity contribution in [2.45, 2.75) is 43.2 Å². The van der Waals surface area contributed by atoms with Gasteiger partial charge in [-0.05, 0) is 97.8 Å². The van der Waals surface area contributed by atoms with E-state index < -0.39 is 141 Å². The normalized spacial score (nSPS) is 12.5. The van der Waals surface area contributed by atoms with Gasteiger partial charge in [-0.25, -0.2) is 13.2 Å². The van der Waals surface area contributed by atoms with Crippen LogP contribution < -0.4 is 50.8 Å². The summed E-state index contributed by atoms with van der Waals surface area (Å²) in [6.07, 6.45) is 0. The fourth-order valence-corrected chi connectivity index (χ4v) is 10.7. The van der Waals surface area contributed by atoms with Crippen LogP contribution in [-0.2, 0) is 60.7 Å². The molecule has 9 N–H and O–H groups in total. The summed E-state index contributed by atoms with van der Waals surface area (Å²) in [5, 5.41) is 6.10. The van der Waals surface area contributed by atoms with Crippen LogP contribution in [0.2, 0.25) is 0 Å². The van der Waals surface area contributed by atoms with Crippen LogP contribution >= 0.6 is 0 Å². The van der Waals surface area contributed by atoms with Crippen LogP contribution in [0.25, 0.3) is 21.5 Å². The fraction of sp³-hybridized carbons (Fsp3) is 0.0541. The molecule has 0 heterocycles. The quantitative estimate of drug-likeness (QED) is 0.0607. The first-order valence-electron chi connectivity index (χ1n) is 18.0. The van der Waals surface area contributed by atoms with Gasteiger partial charge in [0, 0.05) is 44.0 Å². The summed E-state index contributed by atoms with van der Waals surface area (Å²) in [4.78, 5) is 33.2. The van der Waals surface area contributed by atoms with Gasteiger partial charge in [-0.15, -0.1) is 0 Å². The van der Waals surface area contributed by atoms with Crippen molar-refractivity contribution in [3.63, 3.8) is 0 Å². The smallest absolute Gasteiger partial charge is 0.744 e. The summed E-state index contributed by atoms with van der Waals surface area (Å²) >= 11 is 0. The number of hydrogen-bond acceptors (Lipinski definition) is 16. The monoisotopic (exact) mass is 1080 g/mol. The van der Waals surface area contributed by atoms with Gasteiger partial charge in [-0.3, -0.25) is 32.4 Å². The molecule has 0 fully saturated rings. The van der Waals surface area contributed by atoms with Crippen LogP contribution in [0.15, 0.2) is 114 Å². The van der Waals surface area contributed by atoms with E-state index in [1.165, 1.54) is 38.1 Å². The predicted octanol–water partition coefficient (Wildman–Crippen LogP) is 0.900. The fourth-order valence-electron chi connectivity index (χ4n) is 6.61. The molecule has 6 aromatic carbocycles. The topological polar surface area (TPSA) is 428 Å². The second kappa shape index (κ2) is 19.0. The van der Waals surface area contributed by atoms with E-state index in [0.29, 0.717) is 35.4 Å². The number of rotatable bonds is 12. The van der Waals surface area contributed by atoms with Gasteiger partial charge in [0.1, 0.15) is 29.7 Å². The number of anilines is 4. The number of amides is 4. The molecule has 0 radical (unpaired) electrons. The number of hydrogen-bond donors (Lipinski definition) is 9. The Bertz CT molecular complexity index is 3690. The first-order chi connectivity index (χ1) is 31.0. The van der Waals surface area contributed by atoms with Gasteiger partial charge in [0.2, 0.25) is 0 Å². The molecule has 32 heteroatoms. The van der Waals surface area contributed by atoms with Crippen molar-refractivity contribution in [2.24, 2.45) is 0 Å². The SMILES string of the molecule is Cc1ccc(C(=O)Nc2ccc(S(=O)(=O)O)c3cc(S(=O)(=O)[O-])cc(S(=O)(=O)O)c23)cc1NC(=O)Nc1cc(C(=O)Nc2ccc(S(=O)(=O)O)c3cc(S(=O)(=O)O)cc(S(=O)(=O)O)c23)ccc1C.[Na+]. The third kappa shape index (κ3) is 11.9. The van der Waals surface area contributed by atoms with Crippen molar-refractivity contribution >= 4 is 123 Å². The van der Waals surface area contributed by atoms with Crippen LogP contribution in [-0.4, -0.2) is 95.7 Å². The number of aryl methyl sites for hydroxylation is 2. The molecule has 0 aliphatic carbocycles. The molecule has 25 nitrogen and oxygen atoms in total. The number of carbonyl (C=O) groups is 3. The average Bonchev–Trinajstić information content (AvgIpc) is 3.19. The van der Waals surface area contributed by atoms with Gasteiger partial charge in [0.05, 0.1) is 21.2 Å². The van der Waals surface area contributed by atoms with E-state index in [9.17, 15) is 92.2 Å². The molecule has 0 saturated carbocycles. The third-order valence-corrected chi connectivity index (χ3v) is 14.9. The minimum atomic E-state index is -5.51. The Morgan fingerprint density at radius 2 is 0.768 bits per heavy atom. The zero-order valence-corrected chi connectivity index (χ0v) is 41.7. The van der Waals surface area contributed by atoms with Crippen LogP contribution in [0.5, 0.6) is 0 Å². The van der Waals surface area contributed by atoms with Crippen LogP contribution in [0.1, 0.15) is 31.8 Å². The maximum absolute atomic E-state index is 13.6. The molecule has 0 saturated heterocycles. The van der Waals surface area contributed by atoms with Gasteiger partial charge in [0.25, 0.3) is 62.4 Å². The summed E-state index contributed by atoms with van der Waals surface area (Å²) in [7, 11) is -32.2. The van der Waals surface area contributed by atoms with Crippen LogP contribution in [0.3, 0.4) is 0 Å². The average molecular weight is 1080 g/mol. The molecule has 0 bridgehead atoms. The molecular formula is C37H29N4NaO21S6. The Labute approximate surface area is 413 Å². The van der Waals surface area contributed by atoms with Gasteiger partial charge in [0.15, 0.2) is 0 Å². The Morgan fingerprint density at radius 3 is 1.10 bits per heavy atom. The maximum Gasteiger partial charge on any atom is 1.00 e. The van der Waals surface area contributed by atoms with E-state index in [0.717, 1.165) is 24.3 Å².